The van der Waals surface area contributed by atoms with Crippen LogP contribution in [-0.4, -0.2) is 106 Å². The molecule has 3 aliphatic rings. The van der Waals surface area contributed by atoms with E-state index in [1.54, 1.807) is 6.20 Å². The summed E-state index contributed by atoms with van der Waals surface area (Å²) in [4.78, 5) is 23.4. The van der Waals surface area contributed by atoms with E-state index >= 15 is 4.39 Å². The molecule has 0 spiro atoms. The topological polar surface area (TPSA) is 82.1 Å². The van der Waals surface area contributed by atoms with Crippen molar-refractivity contribution < 1.29 is 18.3 Å². The quantitative estimate of drug-likeness (QED) is 0.307. The van der Waals surface area contributed by atoms with Crippen LogP contribution in [0, 0.1) is 18.6 Å². The Morgan fingerprint density at radius 1 is 0.870 bits per heavy atom. The first-order valence-electron chi connectivity index (χ1n) is 16.0. The Balaban J connectivity index is 1.31. The highest BCUT2D eigenvalue weighted by molar-refractivity contribution is 5.99. The van der Waals surface area contributed by atoms with E-state index in [2.05, 4.69) is 45.1 Å². The van der Waals surface area contributed by atoms with Gasteiger partial charge in [-0.05, 0) is 51.2 Å². The van der Waals surface area contributed by atoms with Crippen molar-refractivity contribution in [3.63, 3.8) is 0 Å². The molecule has 3 aromatic heterocycles. The van der Waals surface area contributed by atoms with Crippen LogP contribution in [0.5, 0.6) is 0 Å². The van der Waals surface area contributed by atoms with Crippen molar-refractivity contribution in [1.82, 2.24) is 19.9 Å². The molecule has 1 aromatic carbocycles. The van der Waals surface area contributed by atoms with Crippen LogP contribution in [0.15, 0.2) is 42.7 Å². The van der Waals surface area contributed by atoms with E-state index in [0.29, 0.717) is 56.9 Å². The number of hydrogen-bond acceptors (Lipinski definition) is 10. The molecule has 0 saturated carbocycles. The summed E-state index contributed by atoms with van der Waals surface area (Å²) in [5, 5.41) is 3.79. The van der Waals surface area contributed by atoms with Gasteiger partial charge in [0.05, 0.1) is 66.3 Å². The van der Waals surface area contributed by atoms with Gasteiger partial charge in [-0.25, -0.2) is 23.7 Å². The number of likely N-dealkylation sites (N-methyl/N-ethyl adjacent to an activating group) is 1. The number of aromatic nitrogens is 3. The molecule has 0 unspecified atom stereocenters. The number of halogens is 2. The molecule has 10 nitrogen and oxygen atoms in total. The second-order valence-corrected chi connectivity index (χ2v) is 12.4. The first kappa shape index (κ1) is 30.5. The molecule has 0 radical (unpaired) electrons. The summed E-state index contributed by atoms with van der Waals surface area (Å²) in [5.74, 6) is 0.300. The van der Waals surface area contributed by atoms with E-state index in [9.17, 15) is 4.39 Å². The third-order valence-corrected chi connectivity index (χ3v) is 9.28. The molecule has 1 N–H and O–H groups in total. The van der Waals surface area contributed by atoms with Crippen LogP contribution in [0.4, 0.5) is 37.5 Å². The van der Waals surface area contributed by atoms with Crippen LogP contribution in [0.3, 0.4) is 0 Å². The molecule has 7 rings (SSSR count). The molecule has 0 bridgehead atoms. The number of rotatable bonds is 7. The zero-order valence-corrected chi connectivity index (χ0v) is 26.6. The average molecular weight is 631 g/mol. The van der Waals surface area contributed by atoms with Crippen LogP contribution < -0.4 is 20.0 Å². The van der Waals surface area contributed by atoms with Gasteiger partial charge in [-0.15, -0.1) is 0 Å². The van der Waals surface area contributed by atoms with Crippen molar-refractivity contribution in [2.45, 2.75) is 19.4 Å². The lowest BCUT2D eigenvalue weighted by molar-refractivity contribution is 0.122. The number of ether oxygens (including phenoxy) is 2. The molecule has 4 aromatic rings. The van der Waals surface area contributed by atoms with E-state index < -0.39 is 11.6 Å². The van der Waals surface area contributed by atoms with E-state index in [1.807, 2.05) is 25.3 Å². The lowest BCUT2D eigenvalue weighted by Crippen LogP contribution is -2.38. The maximum Gasteiger partial charge on any atom is 0.152 e. The largest absolute Gasteiger partial charge is 0.378 e. The Labute approximate surface area is 267 Å². The molecule has 3 aliphatic heterocycles. The fourth-order valence-electron chi connectivity index (χ4n) is 6.62. The summed E-state index contributed by atoms with van der Waals surface area (Å²) < 4.78 is 41.4. The highest BCUT2D eigenvalue weighted by atomic mass is 19.1. The summed E-state index contributed by atoms with van der Waals surface area (Å²) in [6.07, 6.45) is 4.77. The Bertz CT molecular complexity index is 1710. The number of pyridine rings is 3. The van der Waals surface area contributed by atoms with Crippen molar-refractivity contribution in [2.75, 3.05) is 99.8 Å². The highest BCUT2D eigenvalue weighted by Gasteiger charge is 2.26. The summed E-state index contributed by atoms with van der Waals surface area (Å²) in [7, 11) is 4.21. The van der Waals surface area contributed by atoms with E-state index in [-0.39, 0.29) is 10.9 Å². The maximum atomic E-state index is 15.7. The summed E-state index contributed by atoms with van der Waals surface area (Å²) >= 11 is 0. The van der Waals surface area contributed by atoms with Crippen molar-refractivity contribution in [2.24, 2.45) is 0 Å². The van der Waals surface area contributed by atoms with Gasteiger partial charge in [-0.3, -0.25) is 0 Å². The Morgan fingerprint density at radius 2 is 1.61 bits per heavy atom. The predicted octanol–water partition coefficient (Wildman–Crippen LogP) is 4.84. The van der Waals surface area contributed by atoms with Gasteiger partial charge < -0.3 is 34.4 Å². The molecule has 242 valence electrons. The third kappa shape index (κ3) is 6.04. The molecular weight excluding hydrogens is 590 g/mol. The fourth-order valence-corrected chi connectivity index (χ4v) is 6.62. The monoisotopic (exact) mass is 630 g/mol. The minimum absolute atomic E-state index is 0.225. The second-order valence-electron chi connectivity index (χ2n) is 12.4. The molecule has 1 atom stereocenters. The summed E-state index contributed by atoms with van der Waals surface area (Å²) in [5.41, 5.74) is 4.53. The molecule has 12 heteroatoms. The molecular formula is C34H40F2N8O2. The first-order chi connectivity index (χ1) is 22.4. The van der Waals surface area contributed by atoms with E-state index in [4.69, 9.17) is 24.4 Å². The Kier molecular flexibility index (Phi) is 8.58. The van der Waals surface area contributed by atoms with Crippen molar-refractivity contribution in [3.05, 3.63) is 59.9 Å². The number of morpholine rings is 2. The van der Waals surface area contributed by atoms with Gasteiger partial charge in [0.15, 0.2) is 5.82 Å². The van der Waals surface area contributed by atoms with Gasteiger partial charge in [-0.2, -0.15) is 0 Å². The summed E-state index contributed by atoms with van der Waals surface area (Å²) in [6.45, 7) is 9.12. The van der Waals surface area contributed by atoms with Crippen LogP contribution in [0.1, 0.15) is 12.0 Å². The molecule has 6 heterocycles. The van der Waals surface area contributed by atoms with Crippen molar-refractivity contribution in [3.8, 4) is 11.3 Å². The zero-order chi connectivity index (χ0) is 31.8. The number of fused-ring (bicyclic) bond motifs is 1. The number of anilines is 5. The molecule has 46 heavy (non-hydrogen) atoms. The Morgan fingerprint density at radius 3 is 2.28 bits per heavy atom. The number of nitrogens with one attached hydrogen (secondary N) is 1. The minimum atomic E-state index is -0.679. The smallest absolute Gasteiger partial charge is 0.152 e. The maximum absolute atomic E-state index is 15.7. The fraction of sp³-hybridized carbons (Fsp3) is 0.441. The predicted molar refractivity (Wildman–Crippen MR) is 178 cm³/mol. The minimum Gasteiger partial charge on any atom is -0.378 e. The van der Waals surface area contributed by atoms with Crippen LogP contribution in [0.2, 0.25) is 0 Å². The molecule has 0 aliphatic carbocycles. The normalized spacial score (nSPS) is 19.0. The van der Waals surface area contributed by atoms with Gasteiger partial charge in [0, 0.05) is 69.2 Å². The third-order valence-electron chi connectivity index (χ3n) is 9.28. The zero-order valence-electron chi connectivity index (χ0n) is 26.6. The number of hydrogen-bond donors (Lipinski definition) is 1. The van der Waals surface area contributed by atoms with E-state index in [0.717, 1.165) is 72.8 Å². The van der Waals surface area contributed by atoms with Gasteiger partial charge in [0.25, 0.3) is 0 Å². The van der Waals surface area contributed by atoms with Crippen molar-refractivity contribution >= 4 is 39.6 Å². The SMILES string of the molecule is Cc1c(-c2ccc(N3CC[C@@H](N(C)C)C3)nc2)nc2cc(F)cc(F)c2c1Nc1cc(N2CCOCC2)cnc1N1CCOCC1. The van der Waals surface area contributed by atoms with E-state index in [1.165, 1.54) is 6.07 Å². The highest BCUT2D eigenvalue weighted by Crippen LogP contribution is 2.40. The number of nitrogens with zero attached hydrogens (tertiary/aromatic N) is 7. The van der Waals surface area contributed by atoms with Crippen molar-refractivity contribution in [1.29, 1.82) is 0 Å². The lowest BCUT2D eigenvalue weighted by Gasteiger charge is -2.32. The van der Waals surface area contributed by atoms with Gasteiger partial charge in [-0.1, -0.05) is 0 Å². The average Bonchev–Trinajstić information content (AvgIpc) is 3.58. The van der Waals surface area contributed by atoms with Gasteiger partial charge in [0.2, 0.25) is 0 Å². The lowest BCUT2D eigenvalue weighted by atomic mass is 10.0. The number of benzene rings is 1. The molecule has 0 amide bonds. The Hall–Kier alpha value is -4.13. The molecule has 3 saturated heterocycles. The molecule has 3 fully saturated rings. The van der Waals surface area contributed by atoms with Crippen LogP contribution in [0.25, 0.3) is 22.2 Å². The summed E-state index contributed by atoms with van der Waals surface area (Å²) in [6, 6.07) is 8.74. The van der Waals surface area contributed by atoms with Gasteiger partial charge >= 0.3 is 0 Å². The first-order valence-corrected chi connectivity index (χ1v) is 16.0. The second kappa shape index (κ2) is 12.9. The van der Waals surface area contributed by atoms with Crippen LogP contribution >= 0.6 is 0 Å². The van der Waals surface area contributed by atoms with Gasteiger partial charge in [0.1, 0.15) is 17.5 Å². The standard InChI is InChI=1S/C34H40F2N8O2/c1-22-32(23-4-5-30(37-19-23)44-7-6-25(21-44)41(2)3)39-28-17-24(35)16-27(36)31(28)33(22)40-29-18-26(42-8-12-45-13-9-42)20-38-34(29)43-10-14-46-15-11-43/h4-5,16-20,25H,6-15,21H2,1-3H3,(H,39,40)/t25-/m1/s1. The van der Waals surface area contributed by atoms with Crippen LogP contribution in [-0.2, 0) is 9.47 Å².